The van der Waals surface area contributed by atoms with Crippen LogP contribution in [0.5, 0.6) is 0 Å². The molecule has 6 heteroatoms. The largest absolute Gasteiger partial charge is 0.468 e. The lowest BCUT2D eigenvalue weighted by Gasteiger charge is -2.10. The van der Waals surface area contributed by atoms with Gasteiger partial charge in [-0.2, -0.15) is 5.10 Å². The summed E-state index contributed by atoms with van der Waals surface area (Å²) in [5.74, 6) is -0.932. The number of rotatable bonds is 4. The fraction of sp³-hybridized carbons (Fsp3) is 0.267. The van der Waals surface area contributed by atoms with E-state index in [0.29, 0.717) is 23.2 Å². The van der Waals surface area contributed by atoms with Crippen LogP contribution in [0.1, 0.15) is 12.6 Å². The Hall–Kier alpha value is -2.50. The maximum atomic E-state index is 13.3. The summed E-state index contributed by atoms with van der Waals surface area (Å²) in [7, 11) is 1.25. The van der Waals surface area contributed by atoms with Crippen molar-refractivity contribution in [1.29, 1.82) is 0 Å². The van der Waals surface area contributed by atoms with Crippen molar-refractivity contribution in [3.05, 3.63) is 52.2 Å². The summed E-state index contributed by atoms with van der Waals surface area (Å²) >= 11 is 0. The summed E-state index contributed by atoms with van der Waals surface area (Å²) in [6.45, 7) is 1.63. The monoisotopic (exact) mass is 290 g/mol. The van der Waals surface area contributed by atoms with Gasteiger partial charge in [0, 0.05) is 11.6 Å². The molecular weight excluding hydrogens is 275 g/mol. The summed E-state index contributed by atoms with van der Waals surface area (Å²) < 4.78 is 18.9. The molecule has 2 aromatic rings. The number of halogens is 1. The lowest BCUT2D eigenvalue weighted by atomic mass is 10.0. The van der Waals surface area contributed by atoms with E-state index in [1.807, 2.05) is 6.92 Å². The molecule has 0 spiro atoms. The highest BCUT2D eigenvalue weighted by Crippen LogP contribution is 2.21. The third-order valence-electron chi connectivity index (χ3n) is 3.05. The lowest BCUT2D eigenvalue weighted by Crippen LogP contribution is -2.28. The molecule has 2 rings (SSSR count). The topological polar surface area (TPSA) is 61.2 Å². The number of methoxy groups -OCH3 is 1. The van der Waals surface area contributed by atoms with Crippen molar-refractivity contribution in [3.63, 3.8) is 0 Å². The van der Waals surface area contributed by atoms with Crippen LogP contribution < -0.4 is 5.56 Å². The number of nitrogens with zero attached hydrogens (tertiary/aromatic N) is 2. The summed E-state index contributed by atoms with van der Waals surface area (Å²) in [5.41, 5.74) is 1.34. The van der Waals surface area contributed by atoms with Gasteiger partial charge in [-0.1, -0.05) is 19.1 Å². The first-order valence-corrected chi connectivity index (χ1v) is 6.49. The van der Waals surface area contributed by atoms with Crippen LogP contribution in [0.25, 0.3) is 11.1 Å². The first-order valence-electron chi connectivity index (χ1n) is 6.49. The molecule has 0 aliphatic carbocycles. The van der Waals surface area contributed by atoms with Crippen LogP contribution in [-0.4, -0.2) is 22.9 Å². The van der Waals surface area contributed by atoms with Crippen molar-refractivity contribution in [1.82, 2.24) is 9.78 Å². The zero-order chi connectivity index (χ0) is 15.4. The molecule has 110 valence electrons. The van der Waals surface area contributed by atoms with Gasteiger partial charge in [-0.25, -0.2) is 9.07 Å². The van der Waals surface area contributed by atoms with Gasteiger partial charge in [0.1, 0.15) is 12.4 Å². The fourth-order valence-electron chi connectivity index (χ4n) is 2.00. The Kier molecular flexibility index (Phi) is 4.47. The molecule has 0 bridgehead atoms. The highest BCUT2D eigenvalue weighted by Gasteiger charge is 2.12. The molecule has 21 heavy (non-hydrogen) atoms. The van der Waals surface area contributed by atoms with Gasteiger partial charge in [-0.3, -0.25) is 9.59 Å². The van der Waals surface area contributed by atoms with E-state index in [0.717, 1.165) is 4.68 Å². The molecular formula is C15H15FN2O3. The van der Waals surface area contributed by atoms with Gasteiger partial charge < -0.3 is 4.74 Å². The predicted molar refractivity (Wildman–Crippen MR) is 75.3 cm³/mol. The Balaban J connectivity index is 2.51. The fourth-order valence-corrected chi connectivity index (χ4v) is 2.00. The minimum absolute atomic E-state index is 0.244. The van der Waals surface area contributed by atoms with Gasteiger partial charge in [0.05, 0.1) is 12.8 Å². The Bertz CT molecular complexity index is 725. The van der Waals surface area contributed by atoms with Gasteiger partial charge in [-0.15, -0.1) is 0 Å². The average molecular weight is 290 g/mol. The average Bonchev–Trinajstić information content (AvgIpc) is 2.48. The zero-order valence-electron chi connectivity index (χ0n) is 11.8. The highest BCUT2D eigenvalue weighted by atomic mass is 19.1. The lowest BCUT2D eigenvalue weighted by molar-refractivity contribution is -0.141. The summed E-state index contributed by atoms with van der Waals surface area (Å²) in [6, 6.07) is 7.33. The van der Waals surface area contributed by atoms with Crippen molar-refractivity contribution in [2.75, 3.05) is 7.11 Å². The molecule has 0 N–H and O–H groups in total. The number of ether oxygens (including phenoxy) is 1. The predicted octanol–water partition coefficient (Wildman–Crippen LogP) is 1.78. The van der Waals surface area contributed by atoms with E-state index in [1.54, 1.807) is 12.1 Å². The molecule has 0 saturated heterocycles. The molecule has 0 aliphatic rings. The second-order valence-electron chi connectivity index (χ2n) is 4.44. The van der Waals surface area contributed by atoms with Crippen molar-refractivity contribution in [2.24, 2.45) is 0 Å². The molecule has 5 nitrogen and oxygen atoms in total. The molecule has 0 amide bonds. The molecule has 1 aromatic carbocycles. The number of aryl methyl sites for hydroxylation is 1. The van der Waals surface area contributed by atoms with E-state index in [9.17, 15) is 14.0 Å². The standard InChI is InChI=1S/C15H15FN2O3/c1-3-13-12(10-5-4-6-11(16)7-10)8-14(19)18(17-13)9-15(20)21-2/h4-8H,3,9H2,1-2H3. The molecule has 0 atom stereocenters. The maximum Gasteiger partial charge on any atom is 0.327 e. The van der Waals surface area contributed by atoms with Crippen LogP contribution in [-0.2, 0) is 22.5 Å². The molecule has 0 radical (unpaired) electrons. The summed E-state index contributed by atoms with van der Waals surface area (Å²) in [5, 5.41) is 4.17. The number of carbonyl (C=O) groups is 1. The van der Waals surface area contributed by atoms with Crippen molar-refractivity contribution < 1.29 is 13.9 Å². The van der Waals surface area contributed by atoms with E-state index >= 15 is 0 Å². The van der Waals surface area contributed by atoms with Gasteiger partial charge >= 0.3 is 5.97 Å². The van der Waals surface area contributed by atoms with Crippen LogP contribution in [0.4, 0.5) is 4.39 Å². The molecule has 0 saturated carbocycles. The van der Waals surface area contributed by atoms with Gasteiger partial charge in [0.25, 0.3) is 5.56 Å². The molecule has 0 aliphatic heterocycles. The zero-order valence-corrected chi connectivity index (χ0v) is 11.8. The number of hydrogen-bond donors (Lipinski definition) is 0. The Labute approximate surface area is 121 Å². The van der Waals surface area contributed by atoms with Crippen LogP contribution in [0.2, 0.25) is 0 Å². The second-order valence-corrected chi connectivity index (χ2v) is 4.44. The van der Waals surface area contributed by atoms with Gasteiger partial charge in [0.2, 0.25) is 0 Å². The smallest absolute Gasteiger partial charge is 0.327 e. The summed E-state index contributed by atoms with van der Waals surface area (Å²) in [4.78, 5) is 23.3. The molecule has 1 heterocycles. The number of esters is 1. The Morgan fingerprint density at radius 2 is 2.14 bits per heavy atom. The number of carbonyl (C=O) groups excluding carboxylic acids is 1. The highest BCUT2D eigenvalue weighted by molar-refractivity contribution is 5.69. The number of hydrogen-bond acceptors (Lipinski definition) is 4. The van der Waals surface area contributed by atoms with E-state index in [-0.39, 0.29) is 12.4 Å². The Morgan fingerprint density at radius 3 is 2.76 bits per heavy atom. The molecule has 0 unspecified atom stereocenters. The number of benzene rings is 1. The van der Waals surface area contributed by atoms with Crippen LogP contribution >= 0.6 is 0 Å². The third kappa shape index (κ3) is 3.34. The first kappa shape index (κ1) is 14.9. The molecule has 0 fully saturated rings. The Morgan fingerprint density at radius 1 is 1.38 bits per heavy atom. The van der Waals surface area contributed by atoms with E-state index in [4.69, 9.17) is 0 Å². The summed E-state index contributed by atoms with van der Waals surface area (Å²) in [6.07, 6.45) is 0.549. The maximum absolute atomic E-state index is 13.3. The molecule has 1 aromatic heterocycles. The van der Waals surface area contributed by atoms with E-state index < -0.39 is 11.5 Å². The quantitative estimate of drug-likeness (QED) is 0.805. The van der Waals surface area contributed by atoms with Crippen molar-refractivity contribution in [2.45, 2.75) is 19.9 Å². The SMILES string of the molecule is CCc1nn(CC(=O)OC)c(=O)cc1-c1cccc(F)c1. The van der Waals surface area contributed by atoms with Crippen molar-refractivity contribution in [3.8, 4) is 11.1 Å². The third-order valence-corrected chi connectivity index (χ3v) is 3.05. The van der Waals surface area contributed by atoms with Gasteiger partial charge in [0.15, 0.2) is 0 Å². The van der Waals surface area contributed by atoms with E-state index in [1.165, 1.54) is 25.3 Å². The van der Waals surface area contributed by atoms with Crippen LogP contribution in [0.15, 0.2) is 35.1 Å². The minimum atomic E-state index is -0.551. The van der Waals surface area contributed by atoms with E-state index in [2.05, 4.69) is 9.84 Å². The van der Waals surface area contributed by atoms with Crippen molar-refractivity contribution >= 4 is 5.97 Å². The van der Waals surface area contributed by atoms with Crippen LogP contribution in [0.3, 0.4) is 0 Å². The van der Waals surface area contributed by atoms with Gasteiger partial charge in [-0.05, 0) is 24.1 Å². The minimum Gasteiger partial charge on any atom is -0.468 e. The first-order chi connectivity index (χ1) is 10.0. The second kappa shape index (κ2) is 6.30. The normalized spacial score (nSPS) is 10.4. The van der Waals surface area contributed by atoms with Crippen LogP contribution in [0, 0.1) is 5.82 Å². The number of aromatic nitrogens is 2.